The maximum Gasteiger partial charge on any atom is 0.331 e. The van der Waals surface area contributed by atoms with E-state index in [-0.39, 0.29) is 5.78 Å². The predicted octanol–water partition coefficient (Wildman–Crippen LogP) is 4.02. The highest BCUT2D eigenvalue weighted by Gasteiger charge is 2.20. The van der Waals surface area contributed by atoms with Gasteiger partial charge in [-0.3, -0.25) is 4.79 Å². The molecule has 146 valence electrons. The van der Waals surface area contributed by atoms with Crippen molar-refractivity contribution in [3.63, 3.8) is 0 Å². The van der Waals surface area contributed by atoms with Crippen molar-refractivity contribution in [2.75, 3.05) is 14.2 Å². The van der Waals surface area contributed by atoms with Gasteiger partial charge in [-0.15, -0.1) is 0 Å². The maximum absolute atomic E-state index is 12.6. The normalized spacial score (nSPS) is 13.8. The SMILES string of the molecule is COc1ccc(/C=C/C(=O)O[C@@H](C)C(=O)c2ccc3c(c2)CCC3)c(OC)c1. The Bertz CT molecular complexity index is 913. The summed E-state index contributed by atoms with van der Waals surface area (Å²) in [4.78, 5) is 24.7. The Morgan fingerprint density at radius 3 is 2.54 bits per heavy atom. The molecule has 2 aromatic rings. The van der Waals surface area contributed by atoms with Crippen LogP contribution in [0.15, 0.2) is 42.5 Å². The number of hydrogen-bond donors (Lipinski definition) is 0. The van der Waals surface area contributed by atoms with E-state index in [1.807, 2.05) is 18.2 Å². The summed E-state index contributed by atoms with van der Waals surface area (Å²) in [5.41, 5.74) is 3.81. The number of rotatable bonds is 7. The van der Waals surface area contributed by atoms with Gasteiger partial charge in [-0.2, -0.15) is 0 Å². The molecule has 28 heavy (non-hydrogen) atoms. The largest absolute Gasteiger partial charge is 0.497 e. The van der Waals surface area contributed by atoms with E-state index in [4.69, 9.17) is 14.2 Å². The van der Waals surface area contributed by atoms with Gasteiger partial charge >= 0.3 is 5.97 Å². The van der Waals surface area contributed by atoms with E-state index in [1.165, 1.54) is 17.2 Å². The lowest BCUT2D eigenvalue weighted by molar-refractivity contribution is -0.140. The van der Waals surface area contributed by atoms with Crippen molar-refractivity contribution in [3.8, 4) is 11.5 Å². The third-order valence-electron chi connectivity index (χ3n) is 4.88. The van der Waals surface area contributed by atoms with E-state index in [9.17, 15) is 9.59 Å². The first-order valence-corrected chi connectivity index (χ1v) is 9.28. The number of methoxy groups -OCH3 is 2. The van der Waals surface area contributed by atoms with Gasteiger partial charge in [0.05, 0.1) is 14.2 Å². The molecule has 5 nitrogen and oxygen atoms in total. The Morgan fingerprint density at radius 1 is 1.00 bits per heavy atom. The Morgan fingerprint density at radius 2 is 1.79 bits per heavy atom. The summed E-state index contributed by atoms with van der Waals surface area (Å²) >= 11 is 0. The second-order valence-corrected chi connectivity index (χ2v) is 6.72. The summed E-state index contributed by atoms with van der Waals surface area (Å²) in [5, 5.41) is 0. The van der Waals surface area contributed by atoms with Crippen molar-refractivity contribution in [2.45, 2.75) is 32.3 Å². The number of hydrogen-bond acceptors (Lipinski definition) is 5. The first kappa shape index (κ1) is 19.7. The molecule has 0 spiro atoms. The first-order valence-electron chi connectivity index (χ1n) is 9.28. The number of aryl methyl sites for hydroxylation is 2. The number of carbonyl (C=O) groups is 2. The van der Waals surface area contributed by atoms with Gasteiger partial charge in [0.25, 0.3) is 0 Å². The lowest BCUT2D eigenvalue weighted by atomic mass is 10.0. The van der Waals surface area contributed by atoms with Crippen LogP contribution in [0.25, 0.3) is 6.08 Å². The number of esters is 1. The van der Waals surface area contributed by atoms with Crippen molar-refractivity contribution in [1.29, 1.82) is 0 Å². The Kier molecular flexibility index (Phi) is 6.14. The molecule has 0 bridgehead atoms. The fraction of sp³-hybridized carbons (Fsp3) is 0.304. The molecule has 0 N–H and O–H groups in total. The molecule has 0 amide bonds. The quantitative estimate of drug-likeness (QED) is 0.412. The third-order valence-corrected chi connectivity index (χ3v) is 4.88. The minimum atomic E-state index is -0.852. The second kappa shape index (κ2) is 8.74. The fourth-order valence-corrected chi connectivity index (χ4v) is 3.34. The van der Waals surface area contributed by atoms with Gasteiger partial charge in [0, 0.05) is 23.3 Å². The van der Waals surface area contributed by atoms with Crippen LogP contribution in [0.4, 0.5) is 0 Å². The van der Waals surface area contributed by atoms with E-state index in [1.54, 1.807) is 45.4 Å². The zero-order chi connectivity index (χ0) is 20.1. The monoisotopic (exact) mass is 380 g/mol. The van der Waals surface area contributed by atoms with Crippen molar-refractivity contribution < 1.29 is 23.8 Å². The molecule has 1 atom stereocenters. The number of carbonyl (C=O) groups excluding carboxylic acids is 2. The molecule has 0 saturated carbocycles. The number of benzene rings is 2. The molecule has 0 radical (unpaired) electrons. The van der Waals surface area contributed by atoms with Crippen molar-refractivity contribution >= 4 is 17.8 Å². The van der Waals surface area contributed by atoms with E-state index in [0.717, 1.165) is 19.3 Å². The summed E-state index contributed by atoms with van der Waals surface area (Å²) in [6.07, 6.45) is 5.21. The van der Waals surface area contributed by atoms with Gasteiger partial charge < -0.3 is 14.2 Å². The summed E-state index contributed by atoms with van der Waals surface area (Å²) in [7, 11) is 3.11. The molecule has 2 aromatic carbocycles. The minimum Gasteiger partial charge on any atom is -0.497 e. The summed E-state index contributed by atoms with van der Waals surface area (Å²) in [5.74, 6) is 0.453. The van der Waals surface area contributed by atoms with Gasteiger partial charge in [-0.1, -0.05) is 12.1 Å². The highest BCUT2D eigenvalue weighted by atomic mass is 16.5. The molecule has 0 aliphatic heterocycles. The van der Waals surface area contributed by atoms with E-state index in [2.05, 4.69) is 0 Å². The smallest absolute Gasteiger partial charge is 0.331 e. The zero-order valence-corrected chi connectivity index (χ0v) is 16.4. The molecule has 0 saturated heterocycles. The van der Waals surface area contributed by atoms with E-state index in [0.29, 0.717) is 22.6 Å². The molecule has 5 heteroatoms. The zero-order valence-electron chi connectivity index (χ0n) is 16.4. The average Bonchev–Trinajstić information content (AvgIpc) is 3.19. The topological polar surface area (TPSA) is 61.8 Å². The van der Waals surface area contributed by atoms with Crippen LogP contribution in [0.1, 0.15) is 40.4 Å². The van der Waals surface area contributed by atoms with Gasteiger partial charge in [0.15, 0.2) is 6.10 Å². The van der Waals surface area contributed by atoms with E-state index >= 15 is 0 Å². The van der Waals surface area contributed by atoms with Crippen LogP contribution in [-0.4, -0.2) is 32.1 Å². The number of Topliss-reactive ketones (excluding diaryl/α,β-unsaturated/α-hetero) is 1. The van der Waals surface area contributed by atoms with Crippen LogP contribution in [0, 0.1) is 0 Å². The lowest BCUT2D eigenvalue weighted by Gasteiger charge is -2.12. The van der Waals surface area contributed by atoms with Crippen LogP contribution in [-0.2, 0) is 22.4 Å². The fourth-order valence-electron chi connectivity index (χ4n) is 3.34. The molecule has 1 aliphatic carbocycles. The Labute approximate surface area is 164 Å². The van der Waals surface area contributed by atoms with Crippen molar-refractivity contribution in [1.82, 2.24) is 0 Å². The highest BCUT2D eigenvalue weighted by molar-refractivity contribution is 6.01. The number of ether oxygens (including phenoxy) is 3. The Hall–Kier alpha value is -3.08. The first-order chi connectivity index (χ1) is 13.5. The van der Waals surface area contributed by atoms with Gasteiger partial charge in [0.2, 0.25) is 5.78 Å². The van der Waals surface area contributed by atoms with Gasteiger partial charge in [-0.25, -0.2) is 4.79 Å². The summed E-state index contributed by atoms with van der Waals surface area (Å²) in [6.45, 7) is 1.59. The van der Waals surface area contributed by atoms with Crippen molar-refractivity contribution in [2.24, 2.45) is 0 Å². The number of fused-ring (bicyclic) bond motifs is 1. The van der Waals surface area contributed by atoms with Crippen LogP contribution < -0.4 is 9.47 Å². The molecule has 0 fully saturated rings. The van der Waals surface area contributed by atoms with Crippen LogP contribution in [0.2, 0.25) is 0 Å². The third kappa shape index (κ3) is 4.42. The molecule has 3 rings (SSSR count). The second-order valence-electron chi connectivity index (χ2n) is 6.72. The Balaban J connectivity index is 1.64. The summed E-state index contributed by atoms with van der Waals surface area (Å²) < 4.78 is 15.7. The standard InChI is InChI=1S/C23H24O5/c1-15(23(25)19-8-7-16-5-4-6-18(16)13-19)28-22(24)12-10-17-9-11-20(26-2)14-21(17)27-3/h7-15H,4-6H2,1-3H3/b12-10+/t15-/m0/s1. The average molecular weight is 380 g/mol. The molecule has 0 aromatic heterocycles. The molecule has 0 heterocycles. The maximum atomic E-state index is 12.6. The van der Waals surface area contributed by atoms with Crippen LogP contribution >= 0.6 is 0 Å². The highest BCUT2D eigenvalue weighted by Crippen LogP contribution is 2.26. The minimum absolute atomic E-state index is 0.196. The molecular formula is C23H24O5. The molecule has 0 unspecified atom stereocenters. The number of ketones is 1. The van der Waals surface area contributed by atoms with Crippen molar-refractivity contribution in [3.05, 3.63) is 64.7 Å². The lowest BCUT2D eigenvalue weighted by Crippen LogP contribution is -2.23. The molecule has 1 aliphatic rings. The van der Waals surface area contributed by atoms with Gasteiger partial charge in [0.1, 0.15) is 11.5 Å². The van der Waals surface area contributed by atoms with Crippen LogP contribution in [0.3, 0.4) is 0 Å². The van der Waals surface area contributed by atoms with Crippen LogP contribution in [0.5, 0.6) is 11.5 Å². The molecular weight excluding hydrogens is 356 g/mol. The predicted molar refractivity (Wildman–Crippen MR) is 107 cm³/mol. The van der Waals surface area contributed by atoms with E-state index < -0.39 is 12.1 Å². The summed E-state index contributed by atoms with van der Waals surface area (Å²) in [6, 6.07) is 11.0. The van der Waals surface area contributed by atoms with Gasteiger partial charge in [-0.05, 0) is 61.6 Å².